The summed E-state index contributed by atoms with van der Waals surface area (Å²) in [6.45, 7) is 4.23. The number of benzene rings is 1. The van der Waals surface area contributed by atoms with E-state index in [0.717, 1.165) is 27.9 Å². The van der Waals surface area contributed by atoms with Gasteiger partial charge in [0.1, 0.15) is 12.3 Å². The van der Waals surface area contributed by atoms with Gasteiger partial charge in [0, 0.05) is 11.1 Å². The fourth-order valence-electron chi connectivity index (χ4n) is 2.25. The summed E-state index contributed by atoms with van der Waals surface area (Å²) in [5.74, 6) is 0.584. The molecule has 0 saturated heterocycles. The van der Waals surface area contributed by atoms with Gasteiger partial charge in [0.05, 0.1) is 19.7 Å². The Labute approximate surface area is 106 Å². The zero-order valence-electron chi connectivity index (χ0n) is 11.1. The van der Waals surface area contributed by atoms with E-state index < -0.39 is 0 Å². The summed E-state index contributed by atoms with van der Waals surface area (Å²) in [7, 11) is 3.05. The lowest BCUT2D eigenvalue weighted by molar-refractivity contribution is -0.141. The minimum Gasteiger partial charge on any atom is -0.497 e. The number of hydrogen-bond acceptors (Lipinski definition) is 3. The highest BCUT2D eigenvalue weighted by atomic mass is 16.5. The Hall–Kier alpha value is -1.97. The highest BCUT2D eigenvalue weighted by Crippen LogP contribution is 2.28. The lowest BCUT2D eigenvalue weighted by Gasteiger charge is -2.09. The fourth-order valence-corrected chi connectivity index (χ4v) is 2.25. The maximum Gasteiger partial charge on any atom is 0.325 e. The largest absolute Gasteiger partial charge is 0.497 e. The van der Waals surface area contributed by atoms with Crippen molar-refractivity contribution < 1.29 is 14.3 Å². The molecular formula is C14H17NO3. The number of rotatable bonds is 3. The van der Waals surface area contributed by atoms with Gasteiger partial charge >= 0.3 is 5.97 Å². The van der Waals surface area contributed by atoms with Gasteiger partial charge in [-0.15, -0.1) is 0 Å². The molecule has 0 radical (unpaired) electrons. The van der Waals surface area contributed by atoms with Crippen molar-refractivity contribution in [3.63, 3.8) is 0 Å². The summed E-state index contributed by atoms with van der Waals surface area (Å²) < 4.78 is 11.9. The molecule has 0 aliphatic heterocycles. The Morgan fingerprint density at radius 3 is 2.56 bits per heavy atom. The van der Waals surface area contributed by atoms with Gasteiger partial charge < -0.3 is 14.0 Å². The average Bonchev–Trinajstić information content (AvgIpc) is 2.65. The summed E-state index contributed by atoms with van der Waals surface area (Å²) in [5, 5.41) is 1.08. The summed E-state index contributed by atoms with van der Waals surface area (Å²) in [6.07, 6.45) is 0. The highest BCUT2D eigenvalue weighted by molar-refractivity contribution is 5.87. The third-order valence-electron chi connectivity index (χ3n) is 3.11. The third-order valence-corrected chi connectivity index (χ3v) is 3.11. The van der Waals surface area contributed by atoms with Gasteiger partial charge in [0.2, 0.25) is 0 Å². The number of aromatic nitrogens is 1. The van der Waals surface area contributed by atoms with E-state index in [1.807, 2.05) is 36.6 Å². The molecule has 0 amide bonds. The van der Waals surface area contributed by atoms with Gasteiger partial charge in [-0.25, -0.2) is 0 Å². The van der Waals surface area contributed by atoms with E-state index in [4.69, 9.17) is 9.47 Å². The maximum absolute atomic E-state index is 11.4. The third kappa shape index (κ3) is 2.06. The monoisotopic (exact) mass is 247 g/mol. The molecule has 1 aromatic heterocycles. The summed E-state index contributed by atoms with van der Waals surface area (Å²) in [4.78, 5) is 11.4. The topological polar surface area (TPSA) is 40.5 Å². The standard InChI is InChI=1S/C14H17NO3/c1-9-5-12(17-3)7-11-6-10(2)15(14(9)11)8-13(16)18-4/h5-7H,8H2,1-4H3. The molecule has 0 spiro atoms. The number of methoxy groups -OCH3 is 2. The van der Waals surface area contributed by atoms with Crippen LogP contribution in [0.3, 0.4) is 0 Å². The quantitative estimate of drug-likeness (QED) is 0.782. The number of aryl methyl sites for hydroxylation is 2. The Balaban J connectivity index is 2.60. The van der Waals surface area contributed by atoms with Crippen molar-refractivity contribution in [2.45, 2.75) is 20.4 Å². The second-order valence-electron chi connectivity index (χ2n) is 4.33. The first-order chi connectivity index (χ1) is 8.56. The van der Waals surface area contributed by atoms with E-state index in [-0.39, 0.29) is 12.5 Å². The van der Waals surface area contributed by atoms with Crippen LogP contribution in [0.15, 0.2) is 18.2 Å². The molecule has 4 heteroatoms. The fraction of sp³-hybridized carbons (Fsp3) is 0.357. The zero-order chi connectivity index (χ0) is 13.3. The summed E-state index contributed by atoms with van der Waals surface area (Å²) >= 11 is 0. The van der Waals surface area contributed by atoms with Crippen LogP contribution in [0.2, 0.25) is 0 Å². The van der Waals surface area contributed by atoms with Crippen LogP contribution in [0, 0.1) is 13.8 Å². The first-order valence-electron chi connectivity index (χ1n) is 5.78. The van der Waals surface area contributed by atoms with Gasteiger partial charge in [0.15, 0.2) is 0 Å². The van der Waals surface area contributed by atoms with Crippen molar-refractivity contribution in [3.8, 4) is 5.75 Å². The van der Waals surface area contributed by atoms with Gasteiger partial charge in [0.25, 0.3) is 0 Å². The lowest BCUT2D eigenvalue weighted by atomic mass is 10.1. The van der Waals surface area contributed by atoms with E-state index in [1.54, 1.807) is 7.11 Å². The second-order valence-corrected chi connectivity index (χ2v) is 4.33. The predicted molar refractivity (Wildman–Crippen MR) is 70.0 cm³/mol. The van der Waals surface area contributed by atoms with Crippen LogP contribution < -0.4 is 4.74 Å². The molecule has 2 aromatic rings. The molecule has 96 valence electrons. The first kappa shape index (κ1) is 12.5. The van der Waals surface area contributed by atoms with Crippen molar-refractivity contribution in [3.05, 3.63) is 29.5 Å². The molecule has 1 aromatic carbocycles. The average molecular weight is 247 g/mol. The molecule has 0 saturated carbocycles. The zero-order valence-corrected chi connectivity index (χ0v) is 11.1. The molecule has 0 N–H and O–H groups in total. The number of carbonyl (C=O) groups is 1. The Morgan fingerprint density at radius 1 is 1.22 bits per heavy atom. The molecule has 18 heavy (non-hydrogen) atoms. The number of fused-ring (bicyclic) bond motifs is 1. The second kappa shape index (κ2) is 4.72. The number of ether oxygens (including phenoxy) is 2. The van der Waals surface area contributed by atoms with Crippen molar-refractivity contribution in [2.24, 2.45) is 0 Å². The summed E-state index contributed by atoms with van der Waals surface area (Å²) in [5.41, 5.74) is 3.17. The molecule has 0 aliphatic rings. The van der Waals surface area contributed by atoms with E-state index in [1.165, 1.54) is 7.11 Å². The van der Waals surface area contributed by atoms with Crippen molar-refractivity contribution >= 4 is 16.9 Å². The van der Waals surface area contributed by atoms with Gasteiger partial charge in [-0.2, -0.15) is 0 Å². The minimum absolute atomic E-state index is 0.235. The first-order valence-corrected chi connectivity index (χ1v) is 5.78. The van der Waals surface area contributed by atoms with E-state index in [2.05, 4.69) is 0 Å². The molecule has 0 fully saturated rings. The Bertz CT molecular complexity index is 599. The Morgan fingerprint density at radius 2 is 1.94 bits per heavy atom. The molecule has 4 nitrogen and oxygen atoms in total. The predicted octanol–water partition coefficient (Wildman–Crippen LogP) is 2.44. The van der Waals surface area contributed by atoms with Crippen LogP contribution in [-0.4, -0.2) is 24.8 Å². The molecule has 1 heterocycles. The number of nitrogens with zero attached hydrogens (tertiary/aromatic N) is 1. The molecule has 0 unspecified atom stereocenters. The Kier molecular flexibility index (Phi) is 3.28. The van der Waals surface area contributed by atoms with Gasteiger partial charge in [-0.3, -0.25) is 4.79 Å². The van der Waals surface area contributed by atoms with Crippen LogP contribution in [0.1, 0.15) is 11.3 Å². The molecule has 0 atom stereocenters. The smallest absolute Gasteiger partial charge is 0.325 e. The van der Waals surface area contributed by atoms with Crippen molar-refractivity contribution in [2.75, 3.05) is 14.2 Å². The lowest BCUT2D eigenvalue weighted by Crippen LogP contribution is -2.12. The number of carbonyl (C=O) groups excluding carboxylic acids is 1. The molecular weight excluding hydrogens is 230 g/mol. The number of hydrogen-bond donors (Lipinski definition) is 0. The normalized spacial score (nSPS) is 10.7. The number of esters is 1. The van der Waals surface area contributed by atoms with Crippen LogP contribution >= 0.6 is 0 Å². The van der Waals surface area contributed by atoms with Crippen molar-refractivity contribution in [1.29, 1.82) is 0 Å². The van der Waals surface area contributed by atoms with Crippen LogP contribution in [0.5, 0.6) is 5.75 Å². The van der Waals surface area contributed by atoms with E-state index in [9.17, 15) is 4.79 Å². The molecule has 0 bridgehead atoms. The maximum atomic E-state index is 11.4. The van der Waals surface area contributed by atoms with E-state index >= 15 is 0 Å². The molecule has 2 rings (SSSR count). The van der Waals surface area contributed by atoms with Crippen LogP contribution in [0.25, 0.3) is 10.9 Å². The molecule has 0 aliphatic carbocycles. The van der Waals surface area contributed by atoms with E-state index in [0.29, 0.717) is 0 Å². The van der Waals surface area contributed by atoms with Crippen molar-refractivity contribution in [1.82, 2.24) is 4.57 Å². The minimum atomic E-state index is -0.245. The van der Waals surface area contributed by atoms with Gasteiger partial charge in [-0.1, -0.05) is 0 Å². The van der Waals surface area contributed by atoms with Crippen LogP contribution in [0.4, 0.5) is 0 Å². The van der Waals surface area contributed by atoms with Gasteiger partial charge in [-0.05, 0) is 37.6 Å². The highest BCUT2D eigenvalue weighted by Gasteiger charge is 2.12. The SMILES string of the molecule is COC(=O)Cn1c(C)cc2cc(OC)cc(C)c21. The van der Waals surface area contributed by atoms with Crippen LogP contribution in [-0.2, 0) is 16.1 Å². The summed E-state index contributed by atoms with van der Waals surface area (Å²) in [6, 6.07) is 5.99.